The molecule has 0 aromatic rings. The van der Waals surface area contributed by atoms with E-state index >= 15 is 0 Å². The quantitative estimate of drug-likeness (QED) is 0.656. The van der Waals surface area contributed by atoms with Crippen LogP contribution >= 0.6 is 0 Å². The van der Waals surface area contributed by atoms with E-state index < -0.39 is 5.60 Å². The zero-order valence-corrected chi connectivity index (χ0v) is 11.4. The lowest BCUT2D eigenvalue weighted by Crippen LogP contribution is -2.47. The normalized spacial score (nSPS) is 25.2. The number of amides is 1. The second-order valence-corrected chi connectivity index (χ2v) is 5.78. The van der Waals surface area contributed by atoms with Gasteiger partial charge >= 0.3 is 6.09 Å². The van der Waals surface area contributed by atoms with E-state index in [2.05, 4.69) is 12.8 Å². The monoisotopic (exact) mass is 237 g/mol. The molecule has 0 radical (unpaired) electrons. The van der Waals surface area contributed by atoms with Crippen molar-refractivity contribution in [2.75, 3.05) is 13.1 Å². The molecule has 96 valence electrons. The van der Waals surface area contributed by atoms with Gasteiger partial charge in [0.05, 0.1) is 0 Å². The van der Waals surface area contributed by atoms with Gasteiger partial charge < -0.3 is 9.64 Å². The molecule has 1 fully saturated rings. The van der Waals surface area contributed by atoms with Crippen LogP contribution in [0.5, 0.6) is 0 Å². The van der Waals surface area contributed by atoms with Crippen molar-refractivity contribution in [3.63, 3.8) is 0 Å². The maximum Gasteiger partial charge on any atom is 0.410 e. The molecule has 0 N–H and O–H groups in total. The Hall–Kier alpha value is -1.17. The van der Waals surface area contributed by atoms with E-state index in [1.165, 1.54) is 0 Å². The summed E-state index contributed by atoms with van der Waals surface area (Å²) < 4.78 is 5.38. The summed E-state index contributed by atoms with van der Waals surface area (Å²) in [4.78, 5) is 13.7. The summed E-state index contributed by atoms with van der Waals surface area (Å²) in [6.45, 7) is 9.08. The minimum Gasteiger partial charge on any atom is -0.444 e. The smallest absolute Gasteiger partial charge is 0.410 e. The van der Waals surface area contributed by atoms with Crippen LogP contribution in [0.1, 0.15) is 47.0 Å². The molecule has 17 heavy (non-hydrogen) atoms. The highest BCUT2D eigenvalue weighted by atomic mass is 16.6. The molecule has 0 aliphatic carbocycles. The number of carbonyl (C=O) groups excluding carboxylic acids is 1. The summed E-state index contributed by atoms with van der Waals surface area (Å²) in [5.41, 5.74) is -0.602. The number of piperidine rings is 1. The van der Waals surface area contributed by atoms with E-state index in [-0.39, 0.29) is 11.5 Å². The Labute approximate surface area is 105 Å². The van der Waals surface area contributed by atoms with Crippen LogP contribution in [0.3, 0.4) is 0 Å². The molecule has 1 heterocycles. The van der Waals surface area contributed by atoms with E-state index in [1.807, 2.05) is 20.8 Å². The van der Waals surface area contributed by atoms with Crippen LogP contribution in [-0.2, 0) is 4.74 Å². The first kappa shape index (κ1) is 13.9. The molecular formula is C14H23NO2. The number of likely N-dealkylation sites (tertiary alicyclic amines) is 1. The lowest BCUT2D eigenvalue weighted by atomic mass is 9.78. The van der Waals surface area contributed by atoms with E-state index in [4.69, 9.17) is 11.2 Å². The predicted octanol–water partition coefficient (Wildman–Crippen LogP) is 3.05. The van der Waals surface area contributed by atoms with E-state index in [0.717, 1.165) is 25.8 Å². The molecule has 1 amide bonds. The van der Waals surface area contributed by atoms with Crippen molar-refractivity contribution in [2.24, 2.45) is 5.41 Å². The first-order valence-corrected chi connectivity index (χ1v) is 6.27. The zero-order chi connectivity index (χ0) is 13.1. The van der Waals surface area contributed by atoms with Crippen molar-refractivity contribution < 1.29 is 9.53 Å². The molecule has 1 unspecified atom stereocenters. The topological polar surface area (TPSA) is 29.5 Å². The van der Waals surface area contributed by atoms with Crippen molar-refractivity contribution in [3.8, 4) is 12.3 Å². The Morgan fingerprint density at radius 2 is 2.18 bits per heavy atom. The Balaban J connectivity index is 2.68. The molecule has 1 aliphatic rings. The maximum atomic E-state index is 12.0. The number of terminal acetylenes is 1. The lowest BCUT2D eigenvalue weighted by Gasteiger charge is -2.39. The van der Waals surface area contributed by atoms with Crippen LogP contribution in [0.15, 0.2) is 0 Å². The average molecular weight is 237 g/mol. The van der Waals surface area contributed by atoms with Crippen molar-refractivity contribution in [1.29, 1.82) is 0 Å². The standard InChI is InChI=1S/C14H23NO2/c1-6-14(7-2)9-8-10-15(11-14)12(16)17-13(3,4)5/h1H,7-11H2,2-5H3. The second-order valence-electron chi connectivity index (χ2n) is 5.78. The van der Waals surface area contributed by atoms with Crippen LogP contribution in [0.2, 0.25) is 0 Å². The van der Waals surface area contributed by atoms with Gasteiger partial charge in [0.2, 0.25) is 0 Å². The summed E-state index contributed by atoms with van der Waals surface area (Å²) >= 11 is 0. The van der Waals surface area contributed by atoms with Gasteiger partial charge in [0, 0.05) is 18.5 Å². The second kappa shape index (κ2) is 5.00. The van der Waals surface area contributed by atoms with Gasteiger partial charge in [-0.15, -0.1) is 6.42 Å². The fraction of sp³-hybridized carbons (Fsp3) is 0.786. The molecule has 3 heteroatoms. The first-order valence-electron chi connectivity index (χ1n) is 6.27. The van der Waals surface area contributed by atoms with Gasteiger partial charge in [-0.2, -0.15) is 0 Å². The SMILES string of the molecule is C#CC1(CC)CCCN(C(=O)OC(C)(C)C)C1. The minimum atomic E-state index is -0.445. The van der Waals surface area contributed by atoms with Crippen molar-refractivity contribution >= 4 is 6.09 Å². The summed E-state index contributed by atoms with van der Waals surface area (Å²) in [5.74, 6) is 2.87. The molecule has 0 aromatic carbocycles. The van der Waals surface area contributed by atoms with E-state index in [1.54, 1.807) is 4.90 Å². The van der Waals surface area contributed by atoms with Gasteiger partial charge in [0.15, 0.2) is 0 Å². The van der Waals surface area contributed by atoms with Crippen molar-refractivity contribution in [2.45, 2.75) is 52.6 Å². The summed E-state index contributed by atoms with van der Waals surface area (Å²) in [6, 6.07) is 0. The number of rotatable bonds is 1. The molecular weight excluding hydrogens is 214 g/mol. The van der Waals surface area contributed by atoms with Gasteiger partial charge in [0.1, 0.15) is 5.60 Å². The highest BCUT2D eigenvalue weighted by Crippen LogP contribution is 2.33. The molecule has 0 saturated carbocycles. The van der Waals surface area contributed by atoms with Crippen molar-refractivity contribution in [1.82, 2.24) is 4.90 Å². The van der Waals surface area contributed by atoms with Gasteiger partial charge in [0.25, 0.3) is 0 Å². The third kappa shape index (κ3) is 3.66. The van der Waals surface area contributed by atoms with Gasteiger partial charge in [-0.3, -0.25) is 0 Å². The van der Waals surface area contributed by atoms with Crippen LogP contribution in [0, 0.1) is 17.8 Å². The third-order valence-electron chi connectivity index (χ3n) is 3.21. The summed E-state index contributed by atoms with van der Waals surface area (Å²) in [6.07, 6.45) is 8.22. The van der Waals surface area contributed by atoms with E-state index in [0.29, 0.717) is 6.54 Å². The molecule has 0 aromatic heterocycles. The molecule has 0 spiro atoms. The molecule has 0 bridgehead atoms. The average Bonchev–Trinajstić information content (AvgIpc) is 2.27. The highest BCUT2D eigenvalue weighted by Gasteiger charge is 2.35. The summed E-state index contributed by atoms with van der Waals surface area (Å²) in [7, 11) is 0. The summed E-state index contributed by atoms with van der Waals surface area (Å²) in [5, 5.41) is 0. The number of hydrogen-bond donors (Lipinski definition) is 0. The number of hydrogen-bond acceptors (Lipinski definition) is 2. The Morgan fingerprint density at radius 3 is 2.65 bits per heavy atom. The molecule has 1 aliphatic heterocycles. The minimum absolute atomic E-state index is 0.158. The largest absolute Gasteiger partial charge is 0.444 e. The number of ether oxygens (including phenoxy) is 1. The highest BCUT2D eigenvalue weighted by molar-refractivity contribution is 5.68. The maximum absolute atomic E-state index is 12.0. The van der Waals surface area contributed by atoms with Crippen LogP contribution < -0.4 is 0 Å². The Bertz CT molecular complexity index is 324. The van der Waals surface area contributed by atoms with Crippen molar-refractivity contribution in [3.05, 3.63) is 0 Å². The van der Waals surface area contributed by atoms with Crippen LogP contribution in [-0.4, -0.2) is 29.7 Å². The van der Waals surface area contributed by atoms with Gasteiger partial charge in [-0.25, -0.2) is 4.79 Å². The fourth-order valence-corrected chi connectivity index (χ4v) is 2.12. The Kier molecular flexibility index (Phi) is 4.08. The van der Waals surface area contributed by atoms with Crippen LogP contribution in [0.4, 0.5) is 4.79 Å². The van der Waals surface area contributed by atoms with Gasteiger partial charge in [-0.05, 0) is 40.0 Å². The predicted molar refractivity (Wildman–Crippen MR) is 68.6 cm³/mol. The number of nitrogens with zero attached hydrogens (tertiary/aromatic N) is 1. The van der Waals surface area contributed by atoms with Crippen LogP contribution in [0.25, 0.3) is 0 Å². The Morgan fingerprint density at radius 1 is 1.53 bits per heavy atom. The molecule has 1 atom stereocenters. The number of carbonyl (C=O) groups is 1. The van der Waals surface area contributed by atoms with E-state index in [9.17, 15) is 4.79 Å². The molecule has 3 nitrogen and oxygen atoms in total. The fourth-order valence-electron chi connectivity index (χ4n) is 2.12. The lowest BCUT2D eigenvalue weighted by molar-refractivity contribution is 0.0110. The zero-order valence-electron chi connectivity index (χ0n) is 11.4. The first-order chi connectivity index (χ1) is 7.82. The third-order valence-corrected chi connectivity index (χ3v) is 3.21. The van der Waals surface area contributed by atoms with Gasteiger partial charge in [-0.1, -0.05) is 12.8 Å². The molecule has 1 rings (SSSR count). The molecule has 1 saturated heterocycles.